The number of carbonyl (C=O) groups is 1. The van der Waals surface area contributed by atoms with Gasteiger partial charge >= 0.3 is 5.97 Å². The van der Waals surface area contributed by atoms with E-state index in [1.54, 1.807) is 7.11 Å². The van der Waals surface area contributed by atoms with Crippen LogP contribution in [0.25, 0.3) is 0 Å². The summed E-state index contributed by atoms with van der Waals surface area (Å²) in [5.41, 5.74) is 0. The Bertz CT molecular complexity index is 368. The number of ether oxygens (including phenoxy) is 1. The van der Waals surface area contributed by atoms with E-state index in [9.17, 15) is 4.79 Å². The fourth-order valence-electron chi connectivity index (χ4n) is 1.41. The lowest BCUT2D eigenvalue weighted by atomic mass is 10.4. The molecule has 1 heterocycles. The Morgan fingerprint density at radius 1 is 1.53 bits per heavy atom. The SMILES string of the molecule is CCc1nnc(SCC(=O)O)n1CCCOC. The molecule has 0 radical (unpaired) electrons. The molecule has 1 aromatic rings. The third-order valence-electron chi connectivity index (χ3n) is 2.16. The van der Waals surface area contributed by atoms with Gasteiger partial charge in [-0.05, 0) is 6.42 Å². The van der Waals surface area contributed by atoms with Crippen molar-refractivity contribution in [2.24, 2.45) is 0 Å². The van der Waals surface area contributed by atoms with Gasteiger partial charge in [-0.1, -0.05) is 18.7 Å². The van der Waals surface area contributed by atoms with Gasteiger partial charge in [0.1, 0.15) is 5.82 Å². The van der Waals surface area contributed by atoms with Crippen molar-refractivity contribution in [1.29, 1.82) is 0 Å². The highest BCUT2D eigenvalue weighted by Gasteiger charge is 2.12. The Morgan fingerprint density at radius 3 is 2.88 bits per heavy atom. The fraction of sp³-hybridized carbons (Fsp3) is 0.700. The molecular formula is C10H17N3O3S. The Balaban J connectivity index is 2.67. The van der Waals surface area contributed by atoms with Crippen molar-refractivity contribution in [2.45, 2.75) is 31.5 Å². The van der Waals surface area contributed by atoms with Gasteiger partial charge < -0.3 is 14.4 Å². The van der Waals surface area contributed by atoms with Crippen LogP contribution >= 0.6 is 11.8 Å². The minimum Gasteiger partial charge on any atom is -0.481 e. The van der Waals surface area contributed by atoms with Crippen LogP contribution in [0.1, 0.15) is 19.2 Å². The van der Waals surface area contributed by atoms with Crippen LogP contribution in [0.2, 0.25) is 0 Å². The number of hydrogen-bond acceptors (Lipinski definition) is 5. The lowest BCUT2D eigenvalue weighted by Crippen LogP contribution is -2.08. The van der Waals surface area contributed by atoms with Crippen molar-refractivity contribution >= 4 is 17.7 Å². The molecular weight excluding hydrogens is 242 g/mol. The van der Waals surface area contributed by atoms with Crippen LogP contribution in [-0.4, -0.2) is 45.3 Å². The molecule has 0 amide bonds. The Morgan fingerprint density at radius 2 is 2.29 bits per heavy atom. The van der Waals surface area contributed by atoms with Crippen LogP contribution in [0, 0.1) is 0 Å². The number of methoxy groups -OCH3 is 1. The smallest absolute Gasteiger partial charge is 0.313 e. The number of aromatic nitrogens is 3. The summed E-state index contributed by atoms with van der Waals surface area (Å²) in [6.07, 6.45) is 1.65. The van der Waals surface area contributed by atoms with E-state index in [-0.39, 0.29) is 5.75 Å². The zero-order valence-corrected chi connectivity index (χ0v) is 10.9. The molecule has 0 aromatic carbocycles. The molecule has 0 unspecified atom stereocenters. The molecule has 1 aromatic heterocycles. The summed E-state index contributed by atoms with van der Waals surface area (Å²) in [6, 6.07) is 0. The maximum Gasteiger partial charge on any atom is 0.313 e. The van der Waals surface area contributed by atoms with E-state index >= 15 is 0 Å². The minimum atomic E-state index is -0.848. The first-order valence-corrected chi connectivity index (χ1v) is 6.43. The summed E-state index contributed by atoms with van der Waals surface area (Å²) < 4.78 is 6.96. The quantitative estimate of drug-likeness (QED) is 0.555. The molecule has 6 nitrogen and oxygen atoms in total. The highest BCUT2D eigenvalue weighted by Crippen LogP contribution is 2.17. The molecule has 0 aliphatic rings. The van der Waals surface area contributed by atoms with Crippen LogP contribution in [0.4, 0.5) is 0 Å². The zero-order chi connectivity index (χ0) is 12.7. The summed E-state index contributed by atoms with van der Waals surface area (Å²) >= 11 is 1.20. The molecule has 0 saturated carbocycles. The number of aryl methyl sites for hydroxylation is 1. The number of nitrogens with zero attached hydrogens (tertiary/aromatic N) is 3. The normalized spacial score (nSPS) is 10.7. The minimum absolute atomic E-state index is 0.00608. The average molecular weight is 259 g/mol. The molecule has 0 saturated heterocycles. The Hall–Kier alpha value is -1.08. The zero-order valence-electron chi connectivity index (χ0n) is 10.0. The second kappa shape index (κ2) is 7.29. The number of carboxylic acid groups (broad SMARTS) is 1. The second-order valence-corrected chi connectivity index (χ2v) is 4.38. The molecule has 0 fully saturated rings. The maximum atomic E-state index is 10.5. The van der Waals surface area contributed by atoms with Gasteiger partial charge in [0.25, 0.3) is 0 Å². The number of thioether (sulfide) groups is 1. The lowest BCUT2D eigenvalue weighted by molar-refractivity contribution is -0.133. The van der Waals surface area contributed by atoms with Gasteiger partial charge in [0.15, 0.2) is 5.16 Å². The number of carboxylic acids is 1. The molecule has 0 aliphatic carbocycles. The largest absolute Gasteiger partial charge is 0.481 e. The monoisotopic (exact) mass is 259 g/mol. The highest BCUT2D eigenvalue weighted by atomic mass is 32.2. The van der Waals surface area contributed by atoms with Crippen LogP contribution < -0.4 is 0 Å². The van der Waals surface area contributed by atoms with E-state index in [2.05, 4.69) is 10.2 Å². The summed E-state index contributed by atoms with van der Waals surface area (Å²) in [4.78, 5) is 10.5. The van der Waals surface area contributed by atoms with Crippen molar-refractivity contribution < 1.29 is 14.6 Å². The van der Waals surface area contributed by atoms with E-state index in [4.69, 9.17) is 9.84 Å². The van der Waals surface area contributed by atoms with Gasteiger partial charge in [-0.2, -0.15) is 0 Å². The molecule has 0 bridgehead atoms. The Kier molecular flexibility index (Phi) is 5.99. The van der Waals surface area contributed by atoms with Gasteiger partial charge in [0, 0.05) is 26.7 Å². The van der Waals surface area contributed by atoms with Gasteiger partial charge in [-0.25, -0.2) is 0 Å². The predicted octanol–water partition coefficient (Wildman–Crippen LogP) is 1.05. The van der Waals surface area contributed by atoms with Crippen molar-refractivity contribution in [3.05, 3.63) is 5.82 Å². The second-order valence-electron chi connectivity index (χ2n) is 3.43. The summed E-state index contributed by atoms with van der Waals surface area (Å²) in [6.45, 7) is 3.43. The molecule has 1 rings (SSSR count). The third-order valence-corrected chi connectivity index (χ3v) is 3.12. The molecule has 0 atom stereocenters. The highest BCUT2D eigenvalue weighted by molar-refractivity contribution is 7.99. The third kappa shape index (κ3) is 4.35. The Labute approximate surface area is 104 Å². The predicted molar refractivity (Wildman–Crippen MR) is 64.3 cm³/mol. The van der Waals surface area contributed by atoms with Crippen molar-refractivity contribution in [2.75, 3.05) is 19.5 Å². The first kappa shape index (κ1) is 14.0. The average Bonchev–Trinajstić information content (AvgIpc) is 2.69. The van der Waals surface area contributed by atoms with E-state index < -0.39 is 5.97 Å². The van der Waals surface area contributed by atoms with Gasteiger partial charge in [-0.15, -0.1) is 10.2 Å². The van der Waals surface area contributed by atoms with E-state index in [0.717, 1.165) is 25.2 Å². The maximum absolute atomic E-state index is 10.5. The first-order chi connectivity index (χ1) is 8.19. The molecule has 96 valence electrons. The molecule has 1 N–H and O–H groups in total. The van der Waals surface area contributed by atoms with Crippen LogP contribution in [0.15, 0.2) is 5.16 Å². The van der Waals surface area contributed by atoms with Crippen LogP contribution in [0.3, 0.4) is 0 Å². The number of aliphatic carboxylic acids is 1. The van der Waals surface area contributed by atoms with E-state index in [1.807, 2.05) is 11.5 Å². The molecule has 7 heteroatoms. The van der Waals surface area contributed by atoms with Gasteiger partial charge in [0.05, 0.1) is 5.75 Å². The standard InChI is InChI=1S/C10H17N3O3S/c1-3-8-11-12-10(17-7-9(14)15)13(8)5-4-6-16-2/h3-7H2,1-2H3,(H,14,15). The molecule has 0 aliphatic heterocycles. The van der Waals surface area contributed by atoms with E-state index in [1.165, 1.54) is 11.8 Å². The van der Waals surface area contributed by atoms with Gasteiger partial charge in [-0.3, -0.25) is 4.79 Å². The first-order valence-electron chi connectivity index (χ1n) is 5.44. The van der Waals surface area contributed by atoms with Crippen LogP contribution in [-0.2, 0) is 22.5 Å². The van der Waals surface area contributed by atoms with E-state index in [0.29, 0.717) is 11.8 Å². The van der Waals surface area contributed by atoms with Crippen LogP contribution in [0.5, 0.6) is 0 Å². The van der Waals surface area contributed by atoms with Crippen molar-refractivity contribution in [1.82, 2.24) is 14.8 Å². The topological polar surface area (TPSA) is 77.2 Å². The number of rotatable bonds is 8. The van der Waals surface area contributed by atoms with Crippen molar-refractivity contribution in [3.8, 4) is 0 Å². The molecule has 0 spiro atoms. The summed E-state index contributed by atoms with van der Waals surface area (Å²) in [5.74, 6) is 0.0417. The number of hydrogen-bond donors (Lipinski definition) is 1. The summed E-state index contributed by atoms with van der Waals surface area (Å²) in [5, 5.41) is 17.4. The van der Waals surface area contributed by atoms with Gasteiger partial charge in [0.2, 0.25) is 0 Å². The molecule has 17 heavy (non-hydrogen) atoms. The lowest BCUT2D eigenvalue weighted by Gasteiger charge is -2.07. The van der Waals surface area contributed by atoms with Crippen molar-refractivity contribution in [3.63, 3.8) is 0 Å². The summed E-state index contributed by atoms with van der Waals surface area (Å²) in [7, 11) is 1.66. The fourth-order valence-corrected chi connectivity index (χ4v) is 2.11.